The van der Waals surface area contributed by atoms with E-state index in [1.54, 1.807) is 45.9 Å². The van der Waals surface area contributed by atoms with Gasteiger partial charge in [0, 0.05) is 82.8 Å². The molecule has 2 bridgehead atoms. The fraction of sp³-hybridized carbons (Fsp3) is 0.701. The van der Waals surface area contributed by atoms with Gasteiger partial charge in [0.15, 0.2) is 18.0 Å². The van der Waals surface area contributed by atoms with Crippen molar-refractivity contribution < 1.29 is 135 Å². The molecule has 4 aliphatic rings. The van der Waals surface area contributed by atoms with Crippen LogP contribution < -0.4 is 32.7 Å². The highest BCUT2D eigenvalue weighted by atomic mass is 32.2. The number of cyclic esters (lactones) is 1. The van der Waals surface area contributed by atoms with Gasteiger partial charge in [-0.2, -0.15) is 0 Å². The monoisotopic (exact) mass is 1650 g/mol. The zero-order valence-corrected chi connectivity index (χ0v) is 68.2. The van der Waals surface area contributed by atoms with Crippen LogP contribution in [0.15, 0.2) is 47.6 Å². The van der Waals surface area contributed by atoms with E-state index in [-0.39, 0.29) is 93.0 Å². The maximum atomic E-state index is 15.0. The SMILES string of the molecule is CO[C@H]1C[C@@H]2CC[C@@H](C)[C@@](O)(O2)C(=O)C(=O)N2CCCC[C@H]2C(=O)O[C@H]([C@H](C)C[C@@H]2CC[C@@H](OCCOC(=O)CSC[C@H](NC(=O)CC[C@H](N)C(=O)O)C(=O)NCC(=O)O)[C@H](OC)C2)CC(=O)[C@H](C)/C=C(\C)[C@@H](OC(=O)CSC[C@H](NC(=O)CC[C@H](N)C(=O)O)C(=O)NCC(=O)O)[C@@H](OC)C(=O)[C@H](C)C[C@H](C)/C=C/C=CC=C1C. The Balaban J connectivity index is 1.67. The van der Waals surface area contributed by atoms with Crippen LogP contribution in [0.2, 0.25) is 0 Å². The number of piperidine rings is 1. The van der Waals surface area contributed by atoms with E-state index in [0.717, 1.165) is 34.0 Å². The number of carboxylic acids is 4. The van der Waals surface area contributed by atoms with E-state index in [1.807, 2.05) is 26.0 Å². The third-order valence-electron chi connectivity index (χ3n) is 20.5. The van der Waals surface area contributed by atoms with Gasteiger partial charge in [-0.15, -0.1) is 23.5 Å². The summed E-state index contributed by atoms with van der Waals surface area (Å²) in [7, 11) is 4.26. The van der Waals surface area contributed by atoms with Crippen LogP contribution in [0.3, 0.4) is 0 Å². The van der Waals surface area contributed by atoms with Gasteiger partial charge >= 0.3 is 41.8 Å². The first-order chi connectivity index (χ1) is 53.8. The Morgan fingerprint density at radius 2 is 1.28 bits per heavy atom. The molecule has 1 saturated carbocycles. The zero-order chi connectivity index (χ0) is 85.1. The summed E-state index contributed by atoms with van der Waals surface area (Å²) in [6, 6.07) is -6.84. The van der Waals surface area contributed by atoms with Gasteiger partial charge in [0.1, 0.15) is 61.8 Å². The van der Waals surface area contributed by atoms with E-state index in [4.69, 9.17) is 59.6 Å². The number of Topliss-reactive ketones (excluding diaryl/α,β-unsaturated/α-hetero) is 3. The van der Waals surface area contributed by atoms with Crippen LogP contribution in [0.25, 0.3) is 0 Å². The first kappa shape index (κ1) is 98.4. The highest BCUT2D eigenvalue weighted by Crippen LogP contribution is 2.39. The molecule has 13 N–H and O–H groups in total. The Labute approximate surface area is 672 Å². The third kappa shape index (κ3) is 32.9. The lowest BCUT2D eigenvalue weighted by molar-refractivity contribution is -0.265. The fourth-order valence-electron chi connectivity index (χ4n) is 13.8. The second-order valence-electron chi connectivity index (χ2n) is 29.6. The second-order valence-corrected chi connectivity index (χ2v) is 31.6. The van der Waals surface area contributed by atoms with Gasteiger partial charge < -0.3 is 101 Å². The summed E-state index contributed by atoms with van der Waals surface area (Å²) in [5.41, 5.74) is 12.0. The molecule has 3 aliphatic heterocycles. The van der Waals surface area contributed by atoms with Gasteiger partial charge in [0.05, 0.1) is 42.5 Å². The highest BCUT2D eigenvalue weighted by molar-refractivity contribution is 8.00. The number of esters is 3. The Kier molecular flexibility index (Phi) is 43.0. The number of carbonyl (C=O) groups excluding carboxylic acids is 11. The summed E-state index contributed by atoms with van der Waals surface area (Å²) in [5, 5.41) is 58.0. The molecular formula is C77H117N7O28S2. The first-order valence-corrected chi connectivity index (χ1v) is 40.6. The molecule has 37 heteroatoms. The third-order valence-corrected chi connectivity index (χ3v) is 22.5. The largest absolute Gasteiger partial charge is 0.480 e. The molecule has 0 spiro atoms. The molecule has 0 aromatic carbocycles. The van der Waals surface area contributed by atoms with Gasteiger partial charge in [0.2, 0.25) is 29.4 Å². The minimum Gasteiger partial charge on any atom is -0.480 e. The standard InChI is InChI=1S/C77H117N7O28S2/c1-42-16-12-11-13-17-43(2)58(105-8)34-50-21-19-48(7)77(104,112-50)70(95)73(98)84-27-15-14-18-55(84)76(103)110-59(45(4)32-49-20-24-57(60(33-49)106-9)108-28-29-109-65(92)40-113-38-53(71(96)80-36-63(88)89)82-61(86)25-22-51(78)74(99)100)35-56(85)44(3)31-47(6)68(69(107-10)67(94)46(5)30-42)111-66(93)41-114-39-54(72(97)81-37-64(90)91)83-62(87)26-23-52(79)75(101)102/h11-13,16-17,31,42,44-46,48-55,57-60,68-69,104H,14-15,18-30,32-41,78-79H2,1-10H3,(H,80,96)(H,81,97)(H,82,86)(H,83,87)(H,88,89)(H,90,91)(H,99,100)(H,101,102)/b13-11?,16-12+,43-17?,47-31+/t42-,44-,45-,46-,48-,49+,50+,51+,52+,53+,54+,55+,57-,58+,59+,60-,68-,69+,77-/m1/s1. The molecule has 1 aliphatic carbocycles. The lowest BCUT2D eigenvalue weighted by Gasteiger charge is -2.42. The molecule has 0 aromatic rings. The Hall–Kier alpha value is -8.01. The van der Waals surface area contributed by atoms with E-state index in [9.17, 15) is 77.6 Å². The number of nitrogens with zero attached hydrogens (tertiary/aromatic N) is 1. The number of nitrogens with one attached hydrogen (secondary N) is 4. The summed E-state index contributed by atoms with van der Waals surface area (Å²) >= 11 is 1.70. The van der Waals surface area contributed by atoms with E-state index in [2.05, 4.69) is 21.3 Å². The lowest BCUT2D eigenvalue weighted by Crippen LogP contribution is -2.61. The summed E-state index contributed by atoms with van der Waals surface area (Å²) < 4.78 is 48.0. The van der Waals surface area contributed by atoms with Crippen LogP contribution in [-0.4, -0.2) is 275 Å². The lowest BCUT2D eigenvalue weighted by atomic mass is 9.78. The van der Waals surface area contributed by atoms with Crippen molar-refractivity contribution in [3.8, 4) is 0 Å². The number of thioether (sulfide) groups is 2. The van der Waals surface area contributed by atoms with Crippen molar-refractivity contribution in [2.45, 2.75) is 230 Å². The molecule has 0 radical (unpaired) electrons. The van der Waals surface area contributed by atoms with Gasteiger partial charge in [-0.05, 0) is 120 Å². The first-order valence-electron chi connectivity index (χ1n) is 38.3. The van der Waals surface area contributed by atoms with Crippen molar-refractivity contribution in [2.75, 3.05) is 77.2 Å². The van der Waals surface area contributed by atoms with Crippen molar-refractivity contribution >= 4 is 112 Å². The molecule has 0 aromatic heterocycles. The number of amides is 5. The number of aliphatic hydroxyl groups is 1. The minimum atomic E-state index is -2.58. The van der Waals surface area contributed by atoms with Crippen molar-refractivity contribution in [3.05, 3.63) is 47.6 Å². The van der Waals surface area contributed by atoms with Crippen molar-refractivity contribution in [2.24, 2.45) is 47.0 Å². The topological polar surface area (TPSA) is 534 Å². The van der Waals surface area contributed by atoms with Crippen LogP contribution in [-0.2, 0) is 110 Å². The van der Waals surface area contributed by atoms with Gasteiger partial charge in [0.25, 0.3) is 11.7 Å². The summed E-state index contributed by atoms with van der Waals surface area (Å²) in [6.07, 6.45) is 6.18. The Morgan fingerprint density at radius 3 is 1.84 bits per heavy atom. The van der Waals surface area contributed by atoms with Crippen LogP contribution in [0.5, 0.6) is 0 Å². The number of rotatable bonds is 35. The number of carboxylic acid groups (broad SMARTS) is 4. The number of aliphatic carboxylic acids is 4. The molecule has 114 heavy (non-hydrogen) atoms. The number of hydrogen-bond acceptors (Lipinski definition) is 28. The number of carbonyl (C=O) groups is 15. The van der Waals surface area contributed by atoms with Crippen molar-refractivity contribution in [3.63, 3.8) is 0 Å². The number of methoxy groups -OCH3 is 3. The fourth-order valence-corrected chi connectivity index (χ4v) is 15.5. The van der Waals surface area contributed by atoms with Crippen LogP contribution in [0.1, 0.15) is 151 Å². The Morgan fingerprint density at radius 1 is 0.684 bits per heavy atom. The number of nitrogens with two attached hydrogens (primary N) is 2. The molecule has 0 unspecified atom stereocenters. The van der Waals surface area contributed by atoms with Crippen LogP contribution in [0.4, 0.5) is 0 Å². The molecule has 3 heterocycles. The van der Waals surface area contributed by atoms with Gasteiger partial charge in [-0.25, -0.2) is 4.79 Å². The number of fused-ring (bicyclic) bond motifs is 3. The summed E-state index contributed by atoms with van der Waals surface area (Å²) in [5.74, 6) is -22.3. The molecule has 640 valence electrons. The zero-order valence-electron chi connectivity index (χ0n) is 66.6. The van der Waals surface area contributed by atoms with Crippen molar-refractivity contribution in [1.82, 2.24) is 26.2 Å². The highest BCUT2D eigenvalue weighted by Gasteiger charge is 2.53. The molecule has 35 nitrogen and oxygen atoms in total. The summed E-state index contributed by atoms with van der Waals surface area (Å²) in [6.45, 7) is 10.00. The van der Waals surface area contributed by atoms with Crippen LogP contribution in [0, 0.1) is 35.5 Å². The predicted molar refractivity (Wildman–Crippen MR) is 413 cm³/mol. The predicted octanol–water partition coefficient (Wildman–Crippen LogP) is 2.52. The number of allylic oxidation sites excluding steroid dienone is 6. The normalized spacial score (nSPS) is 28.0. The van der Waals surface area contributed by atoms with Crippen molar-refractivity contribution in [1.29, 1.82) is 0 Å². The molecule has 4 rings (SSSR count). The maximum absolute atomic E-state index is 15.0. The van der Waals surface area contributed by atoms with E-state index < -0.39 is 223 Å². The van der Waals surface area contributed by atoms with E-state index in [0.29, 0.717) is 51.4 Å². The molecule has 3 fully saturated rings. The molecule has 2 saturated heterocycles. The Bertz CT molecular complexity index is 3450. The summed E-state index contributed by atoms with van der Waals surface area (Å²) in [4.78, 5) is 199. The smallest absolute Gasteiger partial charge is 0.329 e. The average molecular weight is 1650 g/mol. The number of ketones is 3. The average Bonchev–Trinajstić information content (AvgIpc) is 0.772. The molecular weight excluding hydrogens is 1540 g/mol. The maximum Gasteiger partial charge on any atom is 0.329 e. The second kappa shape index (κ2) is 49.8. The number of ether oxygens (including phenoxy) is 8. The van der Waals surface area contributed by atoms with E-state index >= 15 is 9.59 Å². The molecule has 5 amide bonds. The molecule has 19 atom stereocenters. The van der Waals surface area contributed by atoms with E-state index in [1.165, 1.54) is 34.3 Å². The minimum absolute atomic E-state index is 0.0573. The van der Waals surface area contributed by atoms with Crippen LogP contribution >= 0.6 is 23.5 Å². The quantitative estimate of drug-likeness (QED) is 0.0143. The van der Waals surface area contributed by atoms with Gasteiger partial charge in [-0.3, -0.25) is 67.1 Å². The number of hydrogen-bond donors (Lipinski definition) is 11. The van der Waals surface area contributed by atoms with Gasteiger partial charge in [-0.1, -0.05) is 71.1 Å².